The van der Waals surface area contributed by atoms with E-state index in [1.165, 1.54) is 0 Å². The summed E-state index contributed by atoms with van der Waals surface area (Å²) in [5, 5.41) is 20.4. The molecule has 0 saturated heterocycles. The number of aliphatic carboxylic acids is 2. The van der Waals surface area contributed by atoms with Crippen molar-refractivity contribution in [3.63, 3.8) is 0 Å². The molecule has 0 aromatic rings. The summed E-state index contributed by atoms with van der Waals surface area (Å²) in [6.45, 7) is 1.06. The second-order valence-corrected chi connectivity index (χ2v) is 2.64. The van der Waals surface area contributed by atoms with Crippen LogP contribution >= 0.6 is 0 Å². The summed E-state index contributed by atoms with van der Waals surface area (Å²) in [4.78, 5) is 41.9. The smallest absolute Gasteiger partial charge is 0.326 e. The second kappa shape index (κ2) is 5.58. The van der Waals surface area contributed by atoms with Crippen molar-refractivity contribution in [3.05, 3.63) is 0 Å². The van der Waals surface area contributed by atoms with Gasteiger partial charge in [0.15, 0.2) is 0 Å². The molecule has 0 fully saturated rings. The van der Waals surface area contributed by atoms with Crippen LogP contribution in [0.5, 0.6) is 0 Å². The average molecular weight is 218 g/mol. The van der Waals surface area contributed by atoms with Crippen molar-refractivity contribution in [2.24, 2.45) is 0 Å². The van der Waals surface area contributed by atoms with Gasteiger partial charge in [-0.15, -0.1) is 0 Å². The molecule has 1 unspecified atom stereocenters. The van der Waals surface area contributed by atoms with Crippen molar-refractivity contribution in [2.45, 2.75) is 19.4 Å². The molecule has 15 heavy (non-hydrogen) atoms. The topological polar surface area (TPSA) is 133 Å². The highest BCUT2D eigenvalue weighted by atomic mass is 16.4. The maximum atomic E-state index is 10.9. The fraction of sp³-hybridized carbons (Fsp3) is 0.429. The molecule has 0 rings (SSSR count). The fourth-order valence-corrected chi connectivity index (χ4v) is 0.729. The molecule has 8 heteroatoms. The lowest BCUT2D eigenvalue weighted by atomic mass is 10.2. The zero-order valence-corrected chi connectivity index (χ0v) is 7.81. The van der Waals surface area contributed by atoms with Crippen LogP contribution in [0.3, 0.4) is 0 Å². The summed E-state index contributed by atoms with van der Waals surface area (Å²) in [6.07, 6.45) is -0.763. The van der Waals surface area contributed by atoms with Crippen LogP contribution in [-0.2, 0) is 14.4 Å². The Morgan fingerprint density at radius 1 is 1.20 bits per heavy atom. The van der Waals surface area contributed by atoms with Crippen molar-refractivity contribution in [2.75, 3.05) is 0 Å². The standard InChI is InChI=1S/C7H10N2O6/c1-3(10)8-7(15)9-4(6(13)14)2-5(11)12/h4H,2H2,1H3,(H,11,12)(H,13,14)(H2,8,9,10,15). The van der Waals surface area contributed by atoms with Gasteiger partial charge in [-0.05, 0) is 0 Å². The first-order valence-electron chi connectivity index (χ1n) is 3.85. The zero-order chi connectivity index (χ0) is 12.0. The molecule has 0 radical (unpaired) electrons. The Bertz CT molecular complexity index is 300. The quantitative estimate of drug-likeness (QED) is 0.466. The largest absolute Gasteiger partial charge is 0.481 e. The van der Waals surface area contributed by atoms with Crippen LogP contribution < -0.4 is 10.6 Å². The van der Waals surface area contributed by atoms with Gasteiger partial charge in [-0.25, -0.2) is 9.59 Å². The Hall–Kier alpha value is -2.12. The molecule has 0 aromatic heterocycles. The molecule has 1 atom stereocenters. The number of urea groups is 1. The highest BCUT2D eigenvalue weighted by Crippen LogP contribution is 1.92. The number of carboxylic acid groups (broad SMARTS) is 2. The van der Waals surface area contributed by atoms with Crippen molar-refractivity contribution in [3.8, 4) is 0 Å². The van der Waals surface area contributed by atoms with Gasteiger partial charge in [0.2, 0.25) is 5.91 Å². The van der Waals surface area contributed by atoms with Crippen molar-refractivity contribution in [1.29, 1.82) is 0 Å². The highest BCUT2D eigenvalue weighted by Gasteiger charge is 2.23. The van der Waals surface area contributed by atoms with E-state index in [9.17, 15) is 19.2 Å². The summed E-state index contributed by atoms with van der Waals surface area (Å²) in [5.41, 5.74) is 0. The van der Waals surface area contributed by atoms with Gasteiger partial charge in [-0.1, -0.05) is 0 Å². The molecular formula is C7H10N2O6. The molecule has 84 valence electrons. The lowest BCUT2D eigenvalue weighted by molar-refractivity contribution is -0.145. The maximum Gasteiger partial charge on any atom is 0.326 e. The number of rotatable bonds is 4. The summed E-state index contributed by atoms with van der Waals surface area (Å²) in [5.74, 6) is -3.53. The third-order valence-electron chi connectivity index (χ3n) is 1.27. The number of hydrogen-bond acceptors (Lipinski definition) is 4. The van der Waals surface area contributed by atoms with Crippen LogP contribution in [-0.4, -0.2) is 40.1 Å². The van der Waals surface area contributed by atoms with Gasteiger partial charge < -0.3 is 15.5 Å². The van der Waals surface area contributed by atoms with E-state index in [0.717, 1.165) is 6.92 Å². The first-order chi connectivity index (χ1) is 6.82. The van der Waals surface area contributed by atoms with Gasteiger partial charge in [0.1, 0.15) is 6.04 Å². The van der Waals surface area contributed by atoms with Gasteiger partial charge in [0.05, 0.1) is 6.42 Å². The van der Waals surface area contributed by atoms with E-state index in [1.807, 2.05) is 5.32 Å². The number of carbonyl (C=O) groups excluding carboxylic acids is 2. The third kappa shape index (κ3) is 6.02. The molecule has 0 aliphatic carbocycles. The van der Waals surface area contributed by atoms with Gasteiger partial charge >= 0.3 is 18.0 Å². The first-order valence-corrected chi connectivity index (χ1v) is 3.85. The molecule has 0 spiro atoms. The van der Waals surface area contributed by atoms with Gasteiger partial charge in [-0.2, -0.15) is 0 Å². The van der Waals surface area contributed by atoms with E-state index in [4.69, 9.17) is 10.2 Å². The van der Waals surface area contributed by atoms with E-state index in [1.54, 1.807) is 5.32 Å². The Morgan fingerprint density at radius 3 is 2.07 bits per heavy atom. The predicted octanol–water partition coefficient (Wildman–Crippen LogP) is -1.24. The number of nitrogens with one attached hydrogen (secondary N) is 2. The van der Waals surface area contributed by atoms with E-state index < -0.39 is 36.3 Å². The molecule has 0 aliphatic heterocycles. The molecule has 0 aromatic carbocycles. The molecule has 0 bridgehead atoms. The van der Waals surface area contributed by atoms with Crippen LogP contribution in [0.2, 0.25) is 0 Å². The minimum absolute atomic E-state index is 0.674. The minimum Gasteiger partial charge on any atom is -0.481 e. The minimum atomic E-state index is -1.57. The molecular weight excluding hydrogens is 208 g/mol. The van der Waals surface area contributed by atoms with E-state index in [-0.39, 0.29) is 0 Å². The van der Waals surface area contributed by atoms with E-state index >= 15 is 0 Å². The van der Waals surface area contributed by atoms with Crippen LogP contribution in [0.4, 0.5) is 4.79 Å². The third-order valence-corrected chi connectivity index (χ3v) is 1.27. The van der Waals surface area contributed by atoms with Crippen molar-refractivity contribution >= 4 is 23.9 Å². The molecule has 0 heterocycles. The summed E-state index contributed by atoms with van der Waals surface area (Å²) >= 11 is 0. The highest BCUT2D eigenvalue weighted by molar-refractivity contribution is 5.95. The maximum absolute atomic E-state index is 10.9. The van der Waals surface area contributed by atoms with Crippen molar-refractivity contribution < 1.29 is 29.4 Å². The summed E-state index contributed by atoms with van der Waals surface area (Å²) < 4.78 is 0. The van der Waals surface area contributed by atoms with Gasteiger partial charge in [-0.3, -0.25) is 14.9 Å². The number of carbonyl (C=O) groups is 4. The number of carboxylic acids is 2. The van der Waals surface area contributed by atoms with Crippen molar-refractivity contribution in [1.82, 2.24) is 10.6 Å². The lowest BCUT2D eigenvalue weighted by Gasteiger charge is -2.11. The molecule has 3 amide bonds. The summed E-state index contributed by atoms with van der Waals surface area (Å²) in [6, 6.07) is -2.61. The summed E-state index contributed by atoms with van der Waals surface area (Å²) in [7, 11) is 0. The molecule has 8 nitrogen and oxygen atoms in total. The Balaban J connectivity index is 4.28. The van der Waals surface area contributed by atoms with E-state index in [2.05, 4.69) is 0 Å². The monoisotopic (exact) mass is 218 g/mol. The van der Waals surface area contributed by atoms with Gasteiger partial charge in [0.25, 0.3) is 0 Å². The van der Waals surface area contributed by atoms with Crippen LogP contribution in [0.25, 0.3) is 0 Å². The Morgan fingerprint density at radius 2 is 1.73 bits per heavy atom. The van der Waals surface area contributed by atoms with E-state index in [0.29, 0.717) is 0 Å². The second-order valence-electron chi connectivity index (χ2n) is 2.64. The SMILES string of the molecule is CC(=O)NC(=O)NC(CC(=O)O)C(=O)O. The van der Waals surface area contributed by atoms with Crippen LogP contribution in [0.15, 0.2) is 0 Å². The molecule has 4 N–H and O–H groups in total. The first kappa shape index (κ1) is 12.9. The number of imide groups is 1. The Labute approximate surface area is 84.3 Å². The number of hydrogen-bond donors (Lipinski definition) is 4. The molecule has 0 saturated carbocycles. The Kier molecular flexibility index (Phi) is 4.79. The molecule has 0 aliphatic rings. The fourth-order valence-electron chi connectivity index (χ4n) is 0.729. The average Bonchev–Trinajstić information content (AvgIpc) is 1.99. The lowest BCUT2D eigenvalue weighted by Crippen LogP contribution is -2.48. The zero-order valence-electron chi connectivity index (χ0n) is 7.81. The normalized spacial score (nSPS) is 11.3. The van der Waals surface area contributed by atoms with Gasteiger partial charge in [0, 0.05) is 6.92 Å². The van der Waals surface area contributed by atoms with Crippen LogP contribution in [0, 0.1) is 0 Å². The predicted molar refractivity (Wildman–Crippen MR) is 46.0 cm³/mol. The van der Waals surface area contributed by atoms with Crippen LogP contribution in [0.1, 0.15) is 13.3 Å². The number of amides is 3.